The molecule has 5 rings (SSSR count). The number of fused-ring (bicyclic) bond motifs is 1. The summed E-state index contributed by atoms with van der Waals surface area (Å²) in [4.78, 5) is 29.8. The third-order valence-corrected chi connectivity index (χ3v) is 6.00. The number of halogens is 1. The van der Waals surface area contributed by atoms with Crippen molar-refractivity contribution in [2.75, 3.05) is 12.4 Å². The van der Waals surface area contributed by atoms with Gasteiger partial charge in [0.05, 0.1) is 6.20 Å². The molecule has 1 saturated carbocycles. The third-order valence-electron chi connectivity index (χ3n) is 6.00. The van der Waals surface area contributed by atoms with Crippen LogP contribution in [0.15, 0.2) is 30.6 Å². The van der Waals surface area contributed by atoms with E-state index in [1.165, 1.54) is 25.0 Å². The topological polar surface area (TPSA) is 113 Å². The first-order chi connectivity index (χ1) is 16.0. The summed E-state index contributed by atoms with van der Waals surface area (Å²) in [5, 5.41) is 9.88. The molecule has 33 heavy (non-hydrogen) atoms. The fourth-order valence-corrected chi connectivity index (χ4v) is 4.34. The van der Waals surface area contributed by atoms with Gasteiger partial charge in [-0.2, -0.15) is 10.1 Å². The molecule has 3 N–H and O–H groups in total. The summed E-state index contributed by atoms with van der Waals surface area (Å²) in [6, 6.07) is 4.69. The maximum absolute atomic E-state index is 14.2. The molecule has 0 aliphatic heterocycles. The van der Waals surface area contributed by atoms with Gasteiger partial charge in [-0.15, -0.1) is 0 Å². The fourth-order valence-electron chi connectivity index (χ4n) is 4.34. The van der Waals surface area contributed by atoms with Gasteiger partial charge in [0.15, 0.2) is 11.3 Å². The van der Waals surface area contributed by atoms with Gasteiger partial charge in [0, 0.05) is 38.3 Å². The first kappa shape index (κ1) is 21.0. The molecular weight excluding hydrogens is 423 g/mol. The van der Waals surface area contributed by atoms with E-state index in [4.69, 9.17) is 0 Å². The van der Waals surface area contributed by atoms with Crippen LogP contribution in [-0.2, 0) is 13.6 Å². The lowest BCUT2D eigenvalue weighted by atomic mass is 10.1. The number of hydrogen-bond acceptors (Lipinski definition) is 6. The largest absolute Gasteiger partial charge is 0.357 e. The highest BCUT2D eigenvalue weighted by atomic mass is 19.1. The van der Waals surface area contributed by atoms with Gasteiger partial charge in [-0.3, -0.25) is 9.48 Å². The van der Waals surface area contributed by atoms with Gasteiger partial charge in [-0.25, -0.2) is 14.4 Å². The molecule has 3 heterocycles. The standard InChI is InChI=1S/C23H25FN8O/c1-25-23-29-19(18-21(31-23)30-20(28-18)14-5-3-4-6-14)22(33)26-10-13-7-15(9-17(24)8-13)16-11-27-32(2)12-16/h7-9,11-12,14H,3-6,10H2,1-2H3,(H,26,33)(H2,25,28,29,30,31). The zero-order valence-corrected chi connectivity index (χ0v) is 18.5. The van der Waals surface area contributed by atoms with E-state index in [1.807, 2.05) is 12.3 Å². The van der Waals surface area contributed by atoms with E-state index in [-0.39, 0.29) is 24.0 Å². The maximum atomic E-state index is 14.2. The Labute approximate surface area is 189 Å². The Kier molecular flexibility index (Phi) is 5.49. The van der Waals surface area contributed by atoms with Crippen LogP contribution in [-0.4, -0.2) is 42.7 Å². The minimum Gasteiger partial charge on any atom is -0.357 e. The molecule has 0 unspecified atom stereocenters. The lowest BCUT2D eigenvalue weighted by Crippen LogP contribution is -2.25. The first-order valence-electron chi connectivity index (χ1n) is 11.0. The predicted octanol–water partition coefficient (Wildman–Crippen LogP) is 3.52. The van der Waals surface area contributed by atoms with Gasteiger partial charge in [0.2, 0.25) is 5.95 Å². The van der Waals surface area contributed by atoms with E-state index in [1.54, 1.807) is 25.0 Å². The van der Waals surface area contributed by atoms with Gasteiger partial charge in [0.25, 0.3) is 5.91 Å². The van der Waals surface area contributed by atoms with Crippen molar-refractivity contribution < 1.29 is 9.18 Å². The molecule has 0 radical (unpaired) electrons. The minimum atomic E-state index is -0.382. The van der Waals surface area contributed by atoms with Crippen LogP contribution in [0.4, 0.5) is 10.3 Å². The van der Waals surface area contributed by atoms with E-state index in [0.29, 0.717) is 34.2 Å². The van der Waals surface area contributed by atoms with Crippen molar-refractivity contribution in [3.05, 3.63) is 53.5 Å². The van der Waals surface area contributed by atoms with Gasteiger partial charge < -0.3 is 15.6 Å². The number of aryl methyl sites for hydroxylation is 1. The molecule has 0 spiro atoms. The smallest absolute Gasteiger partial charge is 0.272 e. The molecule has 10 heteroatoms. The van der Waals surface area contributed by atoms with Crippen molar-refractivity contribution in [3.63, 3.8) is 0 Å². The second-order valence-electron chi connectivity index (χ2n) is 8.38. The molecular formula is C23H25FN8O. The highest BCUT2D eigenvalue weighted by Gasteiger charge is 2.24. The summed E-state index contributed by atoms with van der Waals surface area (Å²) >= 11 is 0. The van der Waals surface area contributed by atoms with Gasteiger partial charge in [-0.1, -0.05) is 12.8 Å². The van der Waals surface area contributed by atoms with Crippen molar-refractivity contribution in [1.29, 1.82) is 0 Å². The summed E-state index contributed by atoms with van der Waals surface area (Å²) in [7, 11) is 3.50. The Bertz CT molecular complexity index is 1320. The first-order valence-corrected chi connectivity index (χ1v) is 11.0. The number of aromatic nitrogens is 6. The minimum absolute atomic E-state index is 0.147. The van der Waals surface area contributed by atoms with Crippen LogP contribution in [0.25, 0.3) is 22.3 Å². The number of carbonyl (C=O) groups is 1. The summed E-state index contributed by atoms with van der Waals surface area (Å²) in [5.74, 6) is 0.767. The van der Waals surface area contributed by atoms with E-state index < -0.39 is 0 Å². The molecule has 1 fully saturated rings. The molecule has 4 aromatic rings. The van der Waals surface area contributed by atoms with E-state index in [9.17, 15) is 9.18 Å². The van der Waals surface area contributed by atoms with Crippen LogP contribution in [0.5, 0.6) is 0 Å². The zero-order chi connectivity index (χ0) is 22.9. The highest BCUT2D eigenvalue weighted by Crippen LogP contribution is 2.33. The number of H-pyrrole nitrogens is 1. The number of hydrogen-bond donors (Lipinski definition) is 3. The maximum Gasteiger partial charge on any atom is 0.272 e. The summed E-state index contributed by atoms with van der Waals surface area (Å²) in [5.41, 5.74) is 3.33. The molecule has 3 aromatic heterocycles. The van der Waals surface area contributed by atoms with Crippen LogP contribution >= 0.6 is 0 Å². The molecule has 0 bridgehead atoms. The van der Waals surface area contributed by atoms with Crippen LogP contribution in [0, 0.1) is 5.82 Å². The quantitative estimate of drug-likeness (QED) is 0.416. The molecule has 1 amide bonds. The SMILES string of the molecule is CNc1nc(C(=O)NCc2cc(F)cc(-c3cnn(C)c3)c2)c2[nH]c(C3CCCC3)nc2n1. The van der Waals surface area contributed by atoms with E-state index >= 15 is 0 Å². The van der Waals surface area contributed by atoms with Crippen LogP contribution in [0.2, 0.25) is 0 Å². The normalized spacial score (nSPS) is 14.2. The third kappa shape index (κ3) is 4.28. The average molecular weight is 449 g/mol. The summed E-state index contributed by atoms with van der Waals surface area (Å²) < 4.78 is 15.9. The number of anilines is 1. The number of nitrogens with one attached hydrogen (secondary N) is 3. The lowest BCUT2D eigenvalue weighted by molar-refractivity contribution is 0.0947. The number of rotatable bonds is 6. The van der Waals surface area contributed by atoms with Crippen LogP contribution in [0.3, 0.4) is 0 Å². The number of imidazole rings is 1. The molecule has 9 nitrogen and oxygen atoms in total. The number of benzene rings is 1. The fraction of sp³-hybridized carbons (Fsp3) is 0.348. The van der Waals surface area contributed by atoms with Crippen LogP contribution < -0.4 is 10.6 Å². The molecule has 0 atom stereocenters. The Hall–Kier alpha value is -3.82. The van der Waals surface area contributed by atoms with Gasteiger partial charge in [0.1, 0.15) is 17.2 Å². The molecule has 1 aliphatic rings. The Morgan fingerprint density at radius 3 is 2.73 bits per heavy atom. The zero-order valence-electron chi connectivity index (χ0n) is 18.5. The van der Waals surface area contributed by atoms with Crippen molar-refractivity contribution in [3.8, 4) is 11.1 Å². The highest BCUT2D eigenvalue weighted by molar-refractivity contribution is 6.02. The van der Waals surface area contributed by atoms with Crippen molar-refractivity contribution >= 4 is 23.0 Å². The summed E-state index contributed by atoms with van der Waals surface area (Å²) in [6.45, 7) is 0.147. The van der Waals surface area contributed by atoms with Crippen LogP contribution in [0.1, 0.15) is 53.5 Å². The van der Waals surface area contributed by atoms with Crippen molar-refractivity contribution in [1.82, 2.24) is 35.0 Å². The Morgan fingerprint density at radius 1 is 1.18 bits per heavy atom. The van der Waals surface area contributed by atoms with Gasteiger partial charge in [-0.05, 0) is 42.2 Å². The predicted molar refractivity (Wildman–Crippen MR) is 122 cm³/mol. The number of carbonyl (C=O) groups excluding carboxylic acids is 1. The Balaban J connectivity index is 1.40. The van der Waals surface area contributed by atoms with Crippen molar-refractivity contribution in [2.45, 2.75) is 38.1 Å². The van der Waals surface area contributed by atoms with E-state index in [0.717, 1.165) is 24.2 Å². The monoisotopic (exact) mass is 448 g/mol. The Morgan fingerprint density at radius 2 is 2.00 bits per heavy atom. The number of nitrogens with zero attached hydrogens (tertiary/aromatic N) is 5. The average Bonchev–Trinajstić information content (AvgIpc) is 3.56. The number of aromatic amines is 1. The molecule has 0 saturated heterocycles. The molecule has 1 aliphatic carbocycles. The number of amides is 1. The van der Waals surface area contributed by atoms with Crippen molar-refractivity contribution in [2.24, 2.45) is 7.05 Å². The second-order valence-corrected chi connectivity index (χ2v) is 8.38. The molecule has 170 valence electrons. The van der Waals surface area contributed by atoms with Gasteiger partial charge >= 0.3 is 0 Å². The summed E-state index contributed by atoms with van der Waals surface area (Å²) in [6.07, 6.45) is 8.00. The lowest BCUT2D eigenvalue weighted by Gasteiger charge is -2.09. The van der Waals surface area contributed by atoms with E-state index in [2.05, 4.69) is 35.7 Å². The molecule has 1 aromatic carbocycles. The second kappa shape index (κ2) is 8.61.